The number of aryl methyl sites for hydroxylation is 2. The Kier molecular flexibility index (Phi) is 7.81. The lowest BCUT2D eigenvalue weighted by Gasteiger charge is -2.31. The number of rotatable bonds is 9. The van der Waals surface area contributed by atoms with Gasteiger partial charge in [0, 0.05) is 11.5 Å². The summed E-state index contributed by atoms with van der Waals surface area (Å²) in [4.78, 5) is 0. The molecule has 0 aliphatic heterocycles. The number of hydrogen-bond donors (Lipinski definition) is 0. The van der Waals surface area contributed by atoms with E-state index in [2.05, 4.69) is 51.6 Å². The maximum atomic E-state index is 5.90. The molecule has 1 nitrogen and oxygen atoms in total. The molecule has 0 saturated heterocycles. The predicted octanol–water partition coefficient (Wildman–Crippen LogP) is 7.01. The lowest BCUT2D eigenvalue weighted by Crippen LogP contribution is -2.18. The molecule has 138 valence electrons. The predicted molar refractivity (Wildman–Crippen MR) is 110 cm³/mol. The van der Waals surface area contributed by atoms with E-state index < -0.39 is 0 Å². The van der Waals surface area contributed by atoms with Crippen LogP contribution in [0.2, 0.25) is 0 Å². The second-order valence-corrected chi connectivity index (χ2v) is 7.56. The molecular weight excluding hydrogens is 304 g/mol. The quantitative estimate of drug-likeness (QED) is 0.347. The van der Waals surface area contributed by atoms with Crippen molar-refractivity contribution in [2.75, 3.05) is 7.11 Å². The lowest BCUT2D eigenvalue weighted by atomic mass is 9.74. The maximum absolute atomic E-state index is 5.90. The topological polar surface area (TPSA) is 9.23 Å². The van der Waals surface area contributed by atoms with E-state index in [1.807, 2.05) is 7.11 Å². The average molecular weight is 341 g/mol. The monoisotopic (exact) mass is 340 g/mol. The minimum atomic E-state index is 0.410. The SMILES string of the molecule is C=C(C)C1CCC=CC1c1c(CCC)cc(CCCCC)cc1OC. The Bertz CT molecular complexity index is 596. The molecule has 0 aromatic heterocycles. The van der Waals surface area contributed by atoms with Crippen LogP contribution in [0.1, 0.15) is 81.9 Å². The molecule has 0 bridgehead atoms. The van der Waals surface area contributed by atoms with Crippen molar-refractivity contribution in [3.05, 3.63) is 53.1 Å². The number of benzene rings is 1. The standard InChI is InChI=1S/C24H36O/c1-6-8-9-13-19-16-20(12-7-2)24(23(17-19)25-5)22-15-11-10-14-21(22)18(3)4/h11,15-17,21-22H,3,6-10,12-14H2,1-2,4-5H3. The molecule has 0 saturated carbocycles. The molecule has 1 aliphatic carbocycles. The molecule has 1 heteroatoms. The summed E-state index contributed by atoms with van der Waals surface area (Å²) in [5.74, 6) is 2.02. The molecule has 1 aliphatic rings. The summed E-state index contributed by atoms with van der Waals surface area (Å²) in [6, 6.07) is 4.75. The molecule has 0 radical (unpaired) electrons. The summed E-state index contributed by atoms with van der Waals surface area (Å²) < 4.78 is 5.90. The Labute approximate surface area is 155 Å². The van der Waals surface area contributed by atoms with Gasteiger partial charge in [0.15, 0.2) is 0 Å². The summed E-state index contributed by atoms with van der Waals surface area (Å²) in [6.45, 7) is 11.0. The molecule has 25 heavy (non-hydrogen) atoms. The highest BCUT2D eigenvalue weighted by molar-refractivity contribution is 5.49. The second kappa shape index (κ2) is 9.85. The van der Waals surface area contributed by atoms with Gasteiger partial charge in [-0.2, -0.15) is 0 Å². The van der Waals surface area contributed by atoms with Gasteiger partial charge in [0.25, 0.3) is 0 Å². The highest BCUT2D eigenvalue weighted by atomic mass is 16.5. The van der Waals surface area contributed by atoms with Crippen molar-refractivity contribution < 1.29 is 4.74 Å². The minimum absolute atomic E-state index is 0.410. The summed E-state index contributed by atoms with van der Waals surface area (Å²) in [5, 5.41) is 0. The third-order valence-corrected chi connectivity index (χ3v) is 5.48. The van der Waals surface area contributed by atoms with Crippen molar-refractivity contribution in [3.63, 3.8) is 0 Å². The van der Waals surface area contributed by atoms with Crippen molar-refractivity contribution in [2.45, 2.75) is 78.1 Å². The van der Waals surface area contributed by atoms with E-state index in [0.717, 1.165) is 25.0 Å². The molecule has 0 heterocycles. The van der Waals surface area contributed by atoms with E-state index in [9.17, 15) is 0 Å². The molecular formula is C24H36O. The van der Waals surface area contributed by atoms with Crippen LogP contribution in [-0.4, -0.2) is 7.11 Å². The summed E-state index contributed by atoms with van der Waals surface area (Å²) in [6.07, 6.45) is 14.4. The van der Waals surface area contributed by atoms with Crippen molar-refractivity contribution >= 4 is 0 Å². The maximum Gasteiger partial charge on any atom is 0.123 e. The summed E-state index contributed by atoms with van der Waals surface area (Å²) in [5.41, 5.74) is 5.62. The molecule has 0 fully saturated rings. The van der Waals surface area contributed by atoms with Crippen molar-refractivity contribution in [3.8, 4) is 5.75 Å². The molecule has 0 spiro atoms. The van der Waals surface area contributed by atoms with Gasteiger partial charge in [-0.3, -0.25) is 0 Å². The minimum Gasteiger partial charge on any atom is -0.496 e. The van der Waals surface area contributed by atoms with Crippen LogP contribution in [0.5, 0.6) is 5.75 Å². The number of allylic oxidation sites excluding steroid dienone is 3. The third-order valence-electron chi connectivity index (χ3n) is 5.48. The Morgan fingerprint density at radius 1 is 1.16 bits per heavy atom. The van der Waals surface area contributed by atoms with E-state index in [4.69, 9.17) is 4.74 Å². The van der Waals surface area contributed by atoms with Crippen LogP contribution in [-0.2, 0) is 12.8 Å². The fraction of sp³-hybridized carbons (Fsp3) is 0.583. The Hall–Kier alpha value is -1.50. The van der Waals surface area contributed by atoms with Gasteiger partial charge in [-0.05, 0) is 62.1 Å². The smallest absolute Gasteiger partial charge is 0.123 e. The van der Waals surface area contributed by atoms with Crippen LogP contribution >= 0.6 is 0 Å². The summed E-state index contributed by atoms with van der Waals surface area (Å²) in [7, 11) is 1.83. The zero-order valence-electron chi connectivity index (χ0n) is 16.7. The van der Waals surface area contributed by atoms with Gasteiger partial charge in [-0.1, -0.05) is 63.5 Å². The number of methoxy groups -OCH3 is 1. The van der Waals surface area contributed by atoms with E-state index >= 15 is 0 Å². The lowest BCUT2D eigenvalue weighted by molar-refractivity contribution is 0.396. The number of unbranched alkanes of at least 4 members (excludes halogenated alkanes) is 2. The van der Waals surface area contributed by atoms with Crippen LogP contribution in [0.3, 0.4) is 0 Å². The highest BCUT2D eigenvalue weighted by Crippen LogP contribution is 2.43. The first-order chi connectivity index (χ1) is 12.1. The van der Waals surface area contributed by atoms with Gasteiger partial charge in [-0.15, -0.1) is 0 Å². The molecule has 2 unspecified atom stereocenters. The van der Waals surface area contributed by atoms with Crippen LogP contribution in [0.25, 0.3) is 0 Å². The molecule has 1 aromatic rings. The fourth-order valence-electron chi connectivity index (χ4n) is 4.18. The van der Waals surface area contributed by atoms with E-state index in [0.29, 0.717) is 11.8 Å². The average Bonchev–Trinajstić information content (AvgIpc) is 2.61. The van der Waals surface area contributed by atoms with Crippen LogP contribution in [0.4, 0.5) is 0 Å². The molecule has 2 atom stereocenters. The van der Waals surface area contributed by atoms with Crippen LogP contribution < -0.4 is 4.74 Å². The van der Waals surface area contributed by atoms with Gasteiger partial charge < -0.3 is 4.74 Å². The largest absolute Gasteiger partial charge is 0.496 e. The molecule has 2 rings (SSSR count). The zero-order chi connectivity index (χ0) is 18.2. The van der Waals surface area contributed by atoms with Gasteiger partial charge >= 0.3 is 0 Å². The van der Waals surface area contributed by atoms with Gasteiger partial charge in [0.1, 0.15) is 5.75 Å². The first-order valence-electron chi connectivity index (χ1n) is 10.1. The molecule has 1 aromatic carbocycles. The Morgan fingerprint density at radius 2 is 1.96 bits per heavy atom. The van der Waals surface area contributed by atoms with Crippen LogP contribution in [0, 0.1) is 5.92 Å². The summed E-state index contributed by atoms with van der Waals surface area (Å²) >= 11 is 0. The van der Waals surface area contributed by atoms with E-state index in [-0.39, 0.29) is 0 Å². The zero-order valence-corrected chi connectivity index (χ0v) is 16.7. The fourth-order valence-corrected chi connectivity index (χ4v) is 4.18. The Balaban J connectivity index is 2.45. The van der Waals surface area contributed by atoms with E-state index in [1.54, 1.807) is 0 Å². The molecule has 0 amide bonds. The third kappa shape index (κ3) is 5.00. The van der Waals surface area contributed by atoms with Crippen molar-refractivity contribution in [1.29, 1.82) is 0 Å². The van der Waals surface area contributed by atoms with Gasteiger partial charge in [0.05, 0.1) is 7.11 Å². The first kappa shape index (κ1) is 19.8. The van der Waals surface area contributed by atoms with Gasteiger partial charge in [0.2, 0.25) is 0 Å². The van der Waals surface area contributed by atoms with E-state index in [1.165, 1.54) is 54.4 Å². The number of hydrogen-bond acceptors (Lipinski definition) is 1. The first-order valence-corrected chi connectivity index (χ1v) is 10.1. The molecule has 0 N–H and O–H groups in total. The Morgan fingerprint density at radius 3 is 2.60 bits per heavy atom. The van der Waals surface area contributed by atoms with Crippen LogP contribution in [0.15, 0.2) is 36.4 Å². The van der Waals surface area contributed by atoms with Crippen molar-refractivity contribution in [2.24, 2.45) is 5.92 Å². The highest BCUT2D eigenvalue weighted by Gasteiger charge is 2.28. The van der Waals surface area contributed by atoms with Crippen molar-refractivity contribution in [1.82, 2.24) is 0 Å². The second-order valence-electron chi connectivity index (χ2n) is 7.56. The normalized spacial score (nSPS) is 19.8. The van der Waals surface area contributed by atoms with Gasteiger partial charge in [-0.25, -0.2) is 0 Å². The number of ether oxygens (including phenoxy) is 1.